The Kier molecular flexibility index (Phi) is 5.00. The molecule has 2 aliphatic heterocycles. The highest BCUT2D eigenvalue weighted by Crippen LogP contribution is 2.26. The predicted octanol–water partition coefficient (Wildman–Crippen LogP) is 2.33. The Morgan fingerprint density at radius 2 is 2.08 bits per heavy atom. The van der Waals surface area contributed by atoms with E-state index in [0.717, 1.165) is 50.2 Å². The molecular formula is C19H25N3O3S. The van der Waals surface area contributed by atoms with Crippen molar-refractivity contribution in [3.05, 3.63) is 36.9 Å². The average molecular weight is 375 g/mol. The normalized spacial score (nSPS) is 23.4. The summed E-state index contributed by atoms with van der Waals surface area (Å²) in [4.78, 5) is 6.39. The minimum atomic E-state index is -2.78. The van der Waals surface area contributed by atoms with Crippen LogP contribution in [0.2, 0.25) is 0 Å². The van der Waals surface area contributed by atoms with Gasteiger partial charge in [-0.3, -0.25) is 0 Å². The van der Waals surface area contributed by atoms with Crippen molar-refractivity contribution in [3.63, 3.8) is 0 Å². The van der Waals surface area contributed by atoms with Gasteiger partial charge in [0.25, 0.3) is 0 Å². The molecule has 0 amide bonds. The molecule has 2 fully saturated rings. The molecule has 6 nitrogen and oxygen atoms in total. The zero-order chi connectivity index (χ0) is 18.0. The quantitative estimate of drug-likeness (QED) is 0.864. The van der Waals surface area contributed by atoms with Crippen molar-refractivity contribution in [2.75, 3.05) is 36.0 Å². The van der Waals surface area contributed by atoms with Crippen LogP contribution in [0.15, 0.2) is 41.3 Å². The third-order valence-electron chi connectivity index (χ3n) is 5.45. The fraction of sp³-hybridized carbons (Fsp3) is 0.526. The highest BCUT2D eigenvalue weighted by molar-refractivity contribution is 7.91. The maximum atomic E-state index is 11.6. The molecule has 2 aliphatic rings. The zero-order valence-corrected chi connectivity index (χ0v) is 15.6. The topological polar surface area (TPSA) is 75.4 Å². The van der Waals surface area contributed by atoms with Gasteiger partial charge in [-0.15, -0.1) is 0 Å². The molecule has 1 aromatic carbocycles. The van der Waals surface area contributed by atoms with Crippen LogP contribution in [-0.2, 0) is 9.84 Å². The largest absolute Gasteiger partial charge is 0.444 e. The zero-order valence-electron chi connectivity index (χ0n) is 14.8. The smallest absolute Gasteiger partial charge is 0.181 e. The van der Waals surface area contributed by atoms with E-state index in [0.29, 0.717) is 17.5 Å². The highest BCUT2D eigenvalue weighted by Gasteiger charge is 2.28. The summed E-state index contributed by atoms with van der Waals surface area (Å²) in [5, 5.41) is 3.59. The summed E-state index contributed by atoms with van der Waals surface area (Å²) in [5.74, 6) is 1.79. The SMILES string of the molecule is O=S1(=O)CCC(CNC2CCN(c3cccc(-c4cnco4)c3)CC2)C1. The van der Waals surface area contributed by atoms with E-state index in [9.17, 15) is 8.42 Å². The van der Waals surface area contributed by atoms with Gasteiger partial charge in [0.15, 0.2) is 22.0 Å². The number of hydrogen-bond donors (Lipinski definition) is 1. The van der Waals surface area contributed by atoms with Gasteiger partial charge < -0.3 is 14.6 Å². The first-order valence-electron chi connectivity index (χ1n) is 9.27. The van der Waals surface area contributed by atoms with Crippen molar-refractivity contribution in [3.8, 4) is 11.3 Å². The number of rotatable bonds is 5. The van der Waals surface area contributed by atoms with Crippen LogP contribution < -0.4 is 10.2 Å². The first-order chi connectivity index (χ1) is 12.6. The molecule has 0 spiro atoms. The van der Waals surface area contributed by atoms with Crippen LogP contribution in [0.3, 0.4) is 0 Å². The third-order valence-corrected chi connectivity index (χ3v) is 7.28. The lowest BCUT2D eigenvalue weighted by atomic mass is 10.0. The molecule has 1 N–H and O–H groups in total. The average Bonchev–Trinajstić information content (AvgIpc) is 3.30. The summed E-state index contributed by atoms with van der Waals surface area (Å²) < 4.78 is 28.5. The summed E-state index contributed by atoms with van der Waals surface area (Å²) in [7, 11) is -2.78. The van der Waals surface area contributed by atoms with E-state index in [-0.39, 0.29) is 5.92 Å². The lowest BCUT2D eigenvalue weighted by molar-refractivity contribution is 0.386. The second-order valence-electron chi connectivity index (χ2n) is 7.35. The number of sulfone groups is 1. The van der Waals surface area contributed by atoms with E-state index < -0.39 is 9.84 Å². The van der Waals surface area contributed by atoms with Crippen molar-refractivity contribution in [2.24, 2.45) is 5.92 Å². The van der Waals surface area contributed by atoms with Crippen LogP contribution >= 0.6 is 0 Å². The lowest BCUT2D eigenvalue weighted by Gasteiger charge is -2.34. The summed E-state index contributed by atoms with van der Waals surface area (Å²) in [5.41, 5.74) is 2.25. The summed E-state index contributed by atoms with van der Waals surface area (Å²) in [6.45, 7) is 2.83. The number of anilines is 1. The fourth-order valence-corrected chi connectivity index (χ4v) is 5.78. The minimum absolute atomic E-state index is 0.289. The lowest BCUT2D eigenvalue weighted by Crippen LogP contribution is -2.44. The van der Waals surface area contributed by atoms with Gasteiger partial charge in [0, 0.05) is 30.4 Å². The monoisotopic (exact) mass is 375 g/mol. The van der Waals surface area contributed by atoms with Crippen molar-refractivity contribution >= 4 is 15.5 Å². The van der Waals surface area contributed by atoms with Crippen LogP contribution in [0.5, 0.6) is 0 Å². The Morgan fingerprint density at radius 1 is 1.23 bits per heavy atom. The molecule has 0 radical (unpaired) electrons. The summed E-state index contributed by atoms with van der Waals surface area (Å²) in [6.07, 6.45) is 6.15. The Bertz CT molecular complexity index is 827. The predicted molar refractivity (Wildman–Crippen MR) is 102 cm³/mol. The van der Waals surface area contributed by atoms with Crippen LogP contribution in [0.1, 0.15) is 19.3 Å². The van der Waals surface area contributed by atoms with Crippen LogP contribution in [0, 0.1) is 5.92 Å². The van der Waals surface area contributed by atoms with Crippen molar-refractivity contribution in [2.45, 2.75) is 25.3 Å². The summed E-state index contributed by atoms with van der Waals surface area (Å²) in [6, 6.07) is 8.85. The van der Waals surface area contributed by atoms with E-state index in [1.807, 2.05) is 6.07 Å². The third kappa shape index (κ3) is 4.10. The van der Waals surface area contributed by atoms with Gasteiger partial charge in [0.2, 0.25) is 0 Å². The number of piperidine rings is 1. The number of oxazole rings is 1. The molecule has 26 heavy (non-hydrogen) atoms. The van der Waals surface area contributed by atoms with Gasteiger partial charge in [-0.1, -0.05) is 12.1 Å². The molecule has 2 saturated heterocycles. The second kappa shape index (κ2) is 7.40. The standard InChI is InChI=1S/C19H25N3O3S/c23-26(24)9-6-15(13-26)11-21-17-4-7-22(8-5-17)18-3-1-2-16(10-18)19-12-20-14-25-19/h1-3,10,12,14-15,17,21H,4-9,11,13H2. The van der Waals surface area contributed by atoms with Gasteiger partial charge in [-0.05, 0) is 43.9 Å². The van der Waals surface area contributed by atoms with Gasteiger partial charge in [-0.25, -0.2) is 13.4 Å². The van der Waals surface area contributed by atoms with Crippen molar-refractivity contribution in [1.29, 1.82) is 0 Å². The summed E-state index contributed by atoms with van der Waals surface area (Å²) >= 11 is 0. The molecule has 1 unspecified atom stereocenters. The number of hydrogen-bond acceptors (Lipinski definition) is 6. The first kappa shape index (κ1) is 17.5. The van der Waals surface area contributed by atoms with Crippen molar-refractivity contribution in [1.82, 2.24) is 10.3 Å². The van der Waals surface area contributed by atoms with E-state index in [2.05, 4.69) is 33.4 Å². The molecule has 4 rings (SSSR count). The Labute approximate surface area is 154 Å². The van der Waals surface area contributed by atoms with Crippen LogP contribution in [0.4, 0.5) is 5.69 Å². The van der Waals surface area contributed by atoms with E-state index in [4.69, 9.17) is 4.42 Å². The van der Waals surface area contributed by atoms with Crippen molar-refractivity contribution < 1.29 is 12.8 Å². The minimum Gasteiger partial charge on any atom is -0.444 e. The van der Waals surface area contributed by atoms with E-state index >= 15 is 0 Å². The van der Waals surface area contributed by atoms with Gasteiger partial charge >= 0.3 is 0 Å². The van der Waals surface area contributed by atoms with E-state index in [1.165, 1.54) is 12.1 Å². The maximum Gasteiger partial charge on any atom is 0.181 e. The molecule has 0 bridgehead atoms. The molecule has 0 aliphatic carbocycles. The van der Waals surface area contributed by atoms with Gasteiger partial charge in [0.05, 0.1) is 17.7 Å². The number of nitrogens with zero attached hydrogens (tertiary/aromatic N) is 2. The molecule has 1 aromatic heterocycles. The molecule has 7 heteroatoms. The molecule has 1 atom stereocenters. The Hall–Kier alpha value is -1.86. The maximum absolute atomic E-state index is 11.6. The number of benzene rings is 1. The highest BCUT2D eigenvalue weighted by atomic mass is 32.2. The molecular weight excluding hydrogens is 350 g/mol. The fourth-order valence-electron chi connectivity index (χ4n) is 3.92. The first-order valence-corrected chi connectivity index (χ1v) is 11.1. The number of nitrogens with one attached hydrogen (secondary N) is 1. The Morgan fingerprint density at radius 3 is 2.77 bits per heavy atom. The second-order valence-corrected chi connectivity index (χ2v) is 9.58. The van der Waals surface area contributed by atoms with Crippen LogP contribution in [-0.4, -0.2) is 50.6 Å². The Balaban J connectivity index is 1.29. The molecule has 140 valence electrons. The molecule has 2 aromatic rings. The van der Waals surface area contributed by atoms with Crippen LogP contribution in [0.25, 0.3) is 11.3 Å². The molecule has 3 heterocycles. The van der Waals surface area contributed by atoms with E-state index in [1.54, 1.807) is 6.20 Å². The van der Waals surface area contributed by atoms with Gasteiger partial charge in [-0.2, -0.15) is 0 Å². The van der Waals surface area contributed by atoms with Gasteiger partial charge in [0.1, 0.15) is 0 Å². The molecule has 0 saturated carbocycles. The number of aromatic nitrogens is 1.